The second-order valence-corrected chi connectivity index (χ2v) is 4.92. The molecule has 1 N–H and O–H groups in total. The van der Waals surface area contributed by atoms with Gasteiger partial charge in [0.2, 0.25) is 0 Å². The molecule has 2 rings (SSSR count). The van der Waals surface area contributed by atoms with Crippen LogP contribution in [0.4, 0.5) is 0 Å². The van der Waals surface area contributed by atoms with E-state index in [2.05, 4.69) is 10.5 Å². The molecule has 0 aliphatic heterocycles. The van der Waals surface area contributed by atoms with Crippen molar-refractivity contribution in [1.29, 1.82) is 0 Å². The number of benzene rings is 2. The molecule has 4 nitrogen and oxygen atoms in total. The predicted octanol–water partition coefficient (Wildman–Crippen LogP) is 3.77. The molecular weight excluding hydrogens is 311 g/mol. The van der Waals surface area contributed by atoms with Gasteiger partial charge in [-0.3, -0.25) is 4.79 Å². The first-order valence-corrected chi connectivity index (χ1v) is 6.78. The fraction of sp³-hybridized carbons (Fsp3) is 0.0667. The zero-order valence-electron chi connectivity index (χ0n) is 11.1. The van der Waals surface area contributed by atoms with Gasteiger partial charge < -0.3 is 4.74 Å². The standard InChI is InChI=1S/C15H12Cl2N2O2/c1-21-12-4-2-3-11(8-12)15(20)19-18-9-10-5-6-13(16)14(17)7-10/h2-9H,1H3,(H,19,20)/b18-9+. The summed E-state index contributed by atoms with van der Waals surface area (Å²) in [5.41, 5.74) is 3.62. The van der Waals surface area contributed by atoms with Gasteiger partial charge in [0.05, 0.1) is 23.4 Å². The number of halogens is 2. The molecule has 0 bridgehead atoms. The maximum Gasteiger partial charge on any atom is 0.271 e. The van der Waals surface area contributed by atoms with Gasteiger partial charge in [-0.2, -0.15) is 5.10 Å². The van der Waals surface area contributed by atoms with Crippen LogP contribution in [0.5, 0.6) is 5.75 Å². The molecule has 0 saturated heterocycles. The van der Waals surface area contributed by atoms with Crippen LogP contribution < -0.4 is 10.2 Å². The minimum Gasteiger partial charge on any atom is -0.497 e. The van der Waals surface area contributed by atoms with Crippen LogP contribution >= 0.6 is 23.2 Å². The van der Waals surface area contributed by atoms with E-state index in [0.717, 1.165) is 5.56 Å². The molecule has 0 spiro atoms. The third kappa shape index (κ3) is 4.21. The summed E-state index contributed by atoms with van der Waals surface area (Å²) in [5.74, 6) is 0.279. The molecule has 0 aliphatic carbocycles. The van der Waals surface area contributed by atoms with Gasteiger partial charge in [0.1, 0.15) is 5.75 Å². The van der Waals surface area contributed by atoms with Gasteiger partial charge in [0.15, 0.2) is 0 Å². The molecule has 0 unspecified atom stereocenters. The highest BCUT2D eigenvalue weighted by Crippen LogP contribution is 2.21. The molecule has 0 aliphatic rings. The fourth-order valence-electron chi connectivity index (χ4n) is 1.59. The lowest BCUT2D eigenvalue weighted by molar-refractivity contribution is 0.0955. The lowest BCUT2D eigenvalue weighted by Crippen LogP contribution is -2.17. The van der Waals surface area contributed by atoms with Crippen molar-refractivity contribution in [2.75, 3.05) is 7.11 Å². The molecule has 2 aromatic carbocycles. The van der Waals surface area contributed by atoms with Crippen molar-refractivity contribution in [1.82, 2.24) is 5.43 Å². The molecule has 0 fully saturated rings. The lowest BCUT2D eigenvalue weighted by Gasteiger charge is -2.03. The number of hydrogen-bond acceptors (Lipinski definition) is 3. The summed E-state index contributed by atoms with van der Waals surface area (Å²) >= 11 is 11.7. The predicted molar refractivity (Wildman–Crippen MR) is 84.5 cm³/mol. The average molecular weight is 323 g/mol. The van der Waals surface area contributed by atoms with Crippen molar-refractivity contribution >= 4 is 35.3 Å². The summed E-state index contributed by atoms with van der Waals surface area (Å²) in [6.07, 6.45) is 1.49. The van der Waals surface area contributed by atoms with Crippen molar-refractivity contribution in [3.8, 4) is 5.75 Å². The van der Waals surface area contributed by atoms with Crippen molar-refractivity contribution < 1.29 is 9.53 Å². The van der Waals surface area contributed by atoms with E-state index < -0.39 is 0 Å². The van der Waals surface area contributed by atoms with Gasteiger partial charge in [0, 0.05) is 5.56 Å². The number of hydrazone groups is 1. The van der Waals surface area contributed by atoms with Crippen LogP contribution in [-0.4, -0.2) is 19.2 Å². The van der Waals surface area contributed by atoms with Gasteiger partial charge >= 0.3 is 0 Å². The number of hydrogen-bond donors (Lipinski definition) is 1. The second-order valence-electron chi connectivity index (χ2n) is 4.10. The summed E-state index contributed by atoms with van der Waals surface area (Å²) in [7, 11) is 1.54. The minimum atomic E-state index is -0.329. The first kappa shape index (κ1) is 15.4. The fourth-order valence-corrected chi connectivity index (χ4v) is 1.89. The van der Waals surface area contributed by atoms with Crippen molar-refractivity contribution in [2.45, 2.75) is 0 Å². The third-order valence-electron chi connectivity index (χ3n) is 2.66. The average Bonchev–Trinajstić information content (AvgIpc) is 2.50. The SMILES string of the molecule is COc1cccc(C(=O)N/N=C/c2ccc(Cl)c(Cl)c2)c1. The highest BCUT2D eigenvalue weighted by atomic mass is 35.5. The summed E-state index contributed by atoms with van der Waals surface area (Å²) in [4.78, 5) is 11.9. The van der Waals surface area contributed by atoms with Crippen LogP contribution in [0.3, 0.4) is 0 Å². The zero-order valence-corrected chi connectivity index (χ0v) is 12.7. The third-order valence-corrected chi connectivity index (χ3v) is 3.39. The van der Waals surface area contributed by atoms with Gasteiger partial charge in [-0.05, 0) is 35.9 Å². The van der Waals surface area contributed by atoms with E-state index in [9.17, 15) is 4.79 Å². The lowest BCUT2D eigenvalue weighted by atomic mass is 10.2. The molecule has 21 heavy (non-hydrogen) atoms. The van der Waals surface area contributed by atoms with Gasteiger partial charge in [-0.1, -0.05) is 35.3 Å². The quantitative estimate of drug-likeness (QED) is 0.688. The van der Waals surface area contributed by atoms with Crippen molar-refractivity contribution in [3.63, 3.8) is 0 Å². The molecule has 0 atom stereocenters. The number of carbonyl (C=O) groups is 1. The van der Waals surface area contributed by atoms with Crippen LogP contribution in [0.15, 0.2) is 47.6 Å². The van der Waals surface area contributed by atoms with Crippen LogP contribution in [0.25, 0.3) is 0 Å². The van der Waals surface area contributed by atoms with Gasteiger partial charge in [-0.25, -0.2) is 5.43 Å². The molecule has 0 heterocycles. The van der Waals surface area contributed by atoms with E-state index in [4.69, 9.17) is 27.9 Å². The first-order chi connectivity index (χ1) is 10.1. The van der Waals surface area contributed by atoms with E-state index in [1.807, 2.05) is 0 Å². The van der Waals surface area contributed by atoms with E-state index in [1.165, 1.54) is 6.21 Å². The molecule has 0 saturated carbocycles. The monoisotopic (exact) mass is 322 g/mol. The number of nitrogens with zero attached hydrogens (tertiary/aromatic N) is 1. The molecule has 0 radical (unpaired) electrons. The number of carbonyl (C=O) groups excluding carboxylic acids is 1. The minimum absolute atomic E-state index is 0.329. The van der Waals surface area contributed by atoms with E-state index in [0.29, 0.717) is 21.4 Å². The Morgan fingerprint density at radius 3 is 2.71 bits per heavy atom. The Bertz CT molecular complexity index is 687. The highest BCUT2D eigenvalue weighted by Gasteiger charge is 2.05. The Balaban J connectivity index is 2.02. The Labute approximate surface area is 132 Å². The van der Waals surface area contributed by atoms with E-state index in [-0.39, 0.29) is 5.91 Å². The van der Waals surface area contributed by atoms with Crippen LogP contribution in [-0.2, 0) is 0 Å². The van der Waals surface area contributed by atoms with E-state index in [1.54, 1.807) is 49.6 Å². The smallest absolute Gasteiger partial charge is 0.271 e. The normalized spacial score (nSPS) is 10.6. The summed E-state index contributed by atoms with van der Waals surface area (Å²) in [6, 6.07) is 11.9. The summed E-state index contributed by atoms with van der Waals surface area (Å²) in [5, 5.41) is 4.77. The molecular formula is C15H12Cl2N2O2. The van der Waals surface area contributed by atoms with Crippen LogP contribution in [0, 0.1) is 0 Å². The Morgan fingerprint density at radius 2 is 2.00 bits per heavy atom. The molecule has 108 valence electrons. The van der Waals surface area contributed by atoms with Crippen LogP contribution in [0.2, 0.25) is 10.0 Å². The summed E-state index contributed by atoms with van der Waals surface area (Å²) < 4.78 is 5.06. The topological polar surface area (TPSA) is 50.7 Å². The number of rotatable bonds is 4. The molecule has 6 heteroatoms. The van der Waals surface area contributed by atoms with Crippen molar-refractivity contribution in [2.24, 2.45) is 5.10 Å². The Morgan fingerprint density at radius 1 is 1.19 bits per heavy atom. The van der Waals surface area contributed by atoms with Crippen molar-refractivity contribution in [3.05, 3.63) is 63.6 Å². The van der Waals surface area contributed by atoms with E-state index >= 15 is 0 Å². The van der Waals surface area contributed by atoms with Gasteiger partial charge in [0.25, 0.3) is 5.91 Å². The van der Waals surface area contributed by atoms with Crippen LogP contribution in [0.1, 0.15) is 15.9 Å². The van der Waals surface area contributed by atoms with Gasteiger partial charge in [-0.15, -0.1) is 0 Å². The number of methoxy groups -OCH3 is 1. The number of amides is 1. The Kier molecular flexibility index (Phi) is 5.20. The number of nitrogens with one attached hydrogen (secondary N) is 1. The maximum atomic E-state index is 11.9. The highest BCUT2D eigenvalue weighted by molar-refractivity contribution is 6.42. The Hall–Kier alpha value is -2.04. The zero-order chi connectivity index (χ0) is 15.2. The second kappa shape index (κ2) is 7.11. The maximum absolute atomic E-state index is 11.9. The number of ether oxygens (including phenoxy) is 1. The molecule has 1 amide bonds. The molecule has 2 aromatic rings. The largest absolute Gasteiger partial charge is 0.497 e. The molecule has 0 aromatic heterocycles. The first-order valence-electron chi connectivity index (χ1n) is 6.02. The summed E-state index contributed by atoms with van der Waals surface area (Å²) in [6.45, 7) is 0.